The van der Waals surface area contributed by atoms with Crippen LogP contribution in [0.1, 0.15) is 31.2 Å². The first-order valence-electron chi connectivity index (χ1n) is 5.98. The minimum absolute atomic E-state index is 0.122. The van der Waals surface area contributed by atoms with E-state index in [1.165, 1.54) is 10.5 Å². The molecule has 1 aliphatic heterocycles. The molecule has 0 saturated heterocycles. The molecular formula is C13H19ClN2S. The molecule has 1 aliphatic rings. The highest BCUT2D eigenvalue weighted by atomic mass is 35.5. The molecule has 0 bridgehead atoms. The minimum atomic E-state index is 0.122. The number of hydrogen-bond donors (Lipinski definition) is 1. The van der Waals surface area contributed by atoms with Crippen LogP contribution >= 0.6 is 22.9 Å². The Balaban J connectivity index is 2.18. The van der Waals surface area contributed by atoms with Crippen molar-refractivity contribution in [2.24, 2.45) is 5.73 Å². The van der Waals surface area contributed by atoms with Crippen molar-refractivity contribution >= 4 is 22.9 Å². The Morgan fingerprint density at radius 3 is 2.71 bits per heavy atom. The van der Waals surface area contributed by atoms with E-state index in [0.717, 1.165) is 23.8 Å². The normalized spacial score (nSPS) is 21.1. The van der Waals surface area contributed by atoms with Crippen LogP contribution in [-0.4, -0.2) is 24.0 Å². The fraction of sp³-hybridized carbons (Fsp3) is 0.538. The van der Waals surface area contributed by atoms with Crippen molar-refractivity contribution in [2.45, 2.75) is 32.4 Å². The highest BCUT2D eigenvalue weighted by Crippen LogP contribution is 2.33. The fourth-order valence-corrected chi connectivity index (χ4v) is 3.61. The first-order valence-corrected chi connectivity index (χ1v) is 7.18. The van der Waals surface area contributed by atoms with E-state index in [9.17, 15) is 0 Å². The lowest BCUT2D eigenvalue weighted by atomic mass is 10.0. The van der Waals surface area contributed by atoms with Crippen LogP contribution in [0, 0.1) is 0 Å². The molecule has 2 heterocycles. The third-order valence-corrected chi connectivity index (χ3v) is 4.55. The second kappa shape index (κ2) is 5.53. The highest BCUT2D eigenvalue weighted by molar-refractivity contribution is 7.16. The van der Waals surface area contributed by atoms with Gasteiger partial charge in [-0.05, 0) is 32.4 Å². The predicted molar refractivity (Wildman–Crippen MR) is 75.7 cm³/mol. The van der Waals surface area contributed by atoms with Crippen molar-refractivity contribution in [3.63, 3.8) is 0 Å². The molecule has 0 amide bonds. The zero-order valence-electron chi connectivity index (χ0n) is 10.3. The summed E-state index contributed by atoms with van der Waals surface area (Å²) in [5.74, 6) is 0. The topological polar surface area (TPSA) is 29.3 Å². The van der Waals surface area contributed by atoms with Crippen LogP contribution in [0.4, 0.5) is 0 Å². The zero-order chi connectivity index (χ0) is 12.4. The number of nitrogens with zero attached hydrogens (tertiary/aromatic N) is 1. The molecule has 0 fully saturated rings. The number of hydrogen-bond acceptors (Lipinski definition) is 3. The molecule has 2 unspecified atom stereocenters. The summed E-state index contributed by atoms with van der Waals surface area (Å²) in [6.45, 7) is 6.35. The molecule has 1 aromatic heterocycles. The Bertz CT molecular complexity index is 411. The Hall–Kier alpha value is -0.350. The van der Waals surface area contributed by atoms with Gasteiger partial charge in [-0.2, -0.15) is 0 Å². The standard InChI is InChI=1S/C13H19ClN2S/c1-9-5-7-16(8-6-9)13(10(2)15)11-3-4-12(14)17-11/h3-5,10,13H,6-8,15H2,1-2H3. The molecule has 4 heteroatoms. The summed E-state index contributed by atoms with van der Waals surface area (Å²) in [5, 5.41) is 0. The summed E-state index contributed by atoms with van der Waals surface area (Å²) in [5.41, 5.74) is 7.63. The maximum absolute atomic E-state index is 6.14. The molecule has 0 radical (unpaired) electrons. The number of thiophene rings is 1. The lowest BCUT2D eigenvalue weighted by Gasteiger charge is -2.35. The van der Waals surface area contributed by atoms with E-state index < -0.39 is 0 Å². The lowest BCUT2D eigenvalue weighted by Crippen LogP contribution is -2.41. The maximum Gasteiger partial charge on any atom is 0.0931 e. The molecule has 2 atom stereocenters. The molecule has 17 heavy (non-hydrogen) atoms. The van der Waals surface area contributed by atoms with Crippen LogP contribution in [0.2, 0.25) is 4.34 Å². The SMILES string of the molecule is CC1=CCN(C(c2ccc(Cl)s2)C(C)N)CC1. The minimum Gasteiger partial charge on any atom is -0.326 e. The Morgan fingerprint density at radius 1 is 1.47 bits per heavy atom. The first kappa shape index (κ1) is 13.1. The summed E-state index contributed by atoms with van der Waals surface area (Å²) in [6.07, 6.45) is 3.44. The van der Waals surface area contributed by atoms with Crippen LogP contribution in [0.25, 0.3) is 0 Å². The van der Waals surface area contributed by atoms with Crippen molar-refractivity contribution in [1.29, 1.82) is 0 Å². The molecule has 0 saturated carbocycles. The zero-order valence-corrected chi connectivity index (χ0v) is 11.9. The Labute approximate surface area is 112 Å². The van der Waals surface area contributed by atoms with Crippen LogP contribution in [0.3, 0.4) is 0 Å². The van der Waals surface area contributed by atoms with E-state index in [2.05, 4.69) is 30.9 Å². The summed E-state index contributed by atoms with van der Waals surface area (Å²) in [6, 6.07) is 4.47. The van der Waals surface area contributed by atoms with Gasteiger partial charge in [0.15, 0.2) is 0 Å². The van der Waals surface area contributed by atoms with Crippen LogP contribution in [0.5, 0.6) is 0 Å². The lowest BCUT2D eigenvalue weighted by molar-refractivity contribution is 0.193. The second-order valence-electron chi connectivity index (χ2n) is 4.74. The van der Waals surface area contributed by atoms with Gasteiger partial charge in [0.2, 0.25) is 0 Å². The predicted octanol–water partition coefficient (Wildman–Crippen LogP) is 3.44. The summed E-state index contributed by atoms with van der Waals surface area (Å²) in [4.78, 5) is 3.72. The van der Waals surface area contributed by atoms with E-state index in [4.69, 9.17) is 17.3 Å². The molecule has 1 aromatic rings. The third kappa shape index (κ3) is 3.10. The summed E-state index contributed by atoms with van der Waals surface area (Å²) < 4.78 is 0.842. The van der Waals surface area contributed by atoms with Crippen molar-refractivity contribution < 1.29 is 0 Å². The average molecular weight is 271 g/mol. The Morgan fingerprint density at radius 2 is 2.24 bits per heavy atom. The van der Waals surface area contributed by atoms with Gasteiger partial charge in [-0.25, -0.2) is 0 Å². The molecule has 94 valence electrons. The average Bonchev–Trinajstić information content (AvgIpc) is 2.68. The Kier molecular flexibility index (Phi) is 4.26. The van der Waals surface area contributed by atoms with Gasteiger partial charge in [-0.1, -0.05) is 23.3 Å². The highest BCUT2D eigenvalue weighted by Gasteiger charge is 2.26. The van der Waals surface area contributed by atoms with Crippen LogP contribution in [0.15, 0.2) is 23.8 Å². The molecule has 2 N–H and O–H groups in total. The van der Waals surface area contributed by atoms with Gasteiger partial charge in [0, 0.05) is 24.0 Å². The molecule has 2 rings (SSSR count). The molecular weight excluding hydrogens is 252 g/mol. The van der Waals surface area contributed by atoms with Crippen molar-refractivity contribution in [3.8, 4) is 0 Å². The van der Waals surface area contributed by atoms with E-state index >= 15 is 0 Å². The largest absolute Gasteiger partial charge is 0.326 e. The summed E-state index contributed by atoms with van der Waals surface area (Å²) >= 11 is 7.66. The number of halogens is 1. The van der Waals surface area contributed by atoms with Gasteiger partial charge >= 0.3 is 0 Å². The van der Waals surface area contributed by atoms with E-state index in [-0.39, 0.29) is 12.1 Å². The fourth-order valence-electron chi connectivity index (χ4n) is 2.30. The van der Waals surface area contributed by atoms with Crippen molar-refractivity contribution in [3.05, 3.63) is 33.0 Å². The van der Waals surface area contributed by atoms with Gasteiger partial charge in [0.1, 0.15) is 0 Å². The third-order valence-electron chi connectivity index (χ3n) is 3.24. The smallest absolute Gasteiger partial charge is 0.0931 e. The van der Waals surface area contributed by atoms with E-state index in [0.29, 0.717) is 0 Å². The van der Waals surface area contributed by atoms with Gasteiger partial charge in [0.25, 0.3) is 0 Å². The van der Waals surface area contributed by atoms with Crippen molar-refractivity contribution in [2.75, 3.05) is 13.1 Å². The molecule has 0 spiro atoms. The van der Waals surface area contributed by atoms with Crippen LogP contribution in [-0.2, 0) is 0 Å². The number of nitrogens with two attached hydrogens (primary N) is 1. The van der Waals surface area contributed by atoms with Crippen LogP contribution < -0.4 is 5.73 Å². The van der Waals surface area contributed by atoms with E-state index in [1.807, 2.05) is 6.07 Å². The molecule has 0 aromatic carbocycles. The van der Waals surface area contributed by atoms with Crippen molar-refractivity contribution in [1.82, 2.24) is 4.90 Å². The molecule has 0 aliphatic carbocycles. The first-order chi connectivity index (χ1) is 8.08. The maximum atomic E-state index is 6.14. The van der Waals surface area contributed by atoms with E-state index in [1.54, 1.807) is 11.3 Å². The van der Waals surface area contributed by atoms with Gasteiger partial charge in [-0.15, -0.1) is 11.3 Å². The second-order valence-corrected chi connectivity index (χ2v) is 6.49. The van der Waals surface area contributed by atoms with Gasteiger partial charge < -0.3 is 5.73 Å². The van der Waals surface area contributed by atoms with Gasteiger partial charge in [-0.3, -0.25) is 4.90 Å². The summed E-state index contributed by atoms with van der Waals surface area (Å²) in [7, 11) is 0. The number of rotatable bonds is 3. The van der Waals surface area contributed by atoms with Gasteiger partial charge in [0.05, 0.1) is 10.4 Å². The quantitative estimate of drug-likeness (QED) is 0.853. The monoisotopic (exact) mass is 270 g/mol. The molecule has 2 nitrogen and oxygen atoms in total.